The third-order valence-corrected chi connectivity index (χ3v) is 2.81. The number of rotatable bonds is 2. The van der Waals surface area contributed by atoms with E-state index < -0.39 is 0 Å². The standard InChI is InChI=1S/C10H18N4/c1-8(2)14-7-10(12-13-14)9-3-5-11-6-4-9/h7-9,11H,3-6H2,1-2H3. The Bertz CT molecular complexity index is 286. The van der Waals surface area contributed by atoms with Gasteiger partial charge in [0.05, 0.1) is 5.69 Å². The van der Waals surface area contributed by atoms with Gasteiger partial charge in [0.15, 0.2) is 0 Å². The molecule has 1 fully saturated rings. The molecule has 0 bridgehead atoms. The first-order valence-electron chi connectivity index (χ1n) is 5.40. The lowest BCUT2D eigenvalue weighted by Gasteiger charge is -2.20. The zero-order valence-electron chi connectivity index (χ0n) is 8.90. The van der Waals surface area contributed by atoms with Gasteiger partial charge in [0.25, 0.3) is 0 Å². The maximum absolute atomic E-state index is 4.25. The van der Waals surface area contributed by atoms with Crippen molar-refractivity contribution in [2.45, 2.75) is 38.6 Å². The molecule has 0 aromatic carbocycles. The Balaban J connectivity index is 2.07. The first kappa shape index (κ1) is 9.65. The Morgan fingerprint density at radius 1 is 1.43 bits per heavy atom. The van der Waals surface area contributed by atoms with E-state index in [2.05, 4.69) is 35.7 Å². The van der Waals surface area contributed by atoms with Crippen LogP contribution in [0.25, 0.3) is 0 Å². The van der Waals surface area contributed by atoms with E-state index in [9.17, 15) is 0 Å². The number of nitrogens with zero attached hydrogens (tertiary/aromatic N) is 3. The summed E-state index contributed by atoms with van der Waals surface area (Å²) in [5.74, 6) is 0.615. The lowest BCUT2D eigenvalue weighted by Crippen LogP contribution is -2.26. The van der Waals surface area contributed by atoms with Crippen molar-refractivity contribution in [2.75, 3.05) is 13.1 Å². The topological polar surface area (TPSA) is 42.7 Å². The van der Waals surface area contributed by atoms with Crippen LogP contribution in [0.15, 0.2) is 6.20 Å². The molecule has 1 aromatic rings. The molecule has 2 heterocycles. The van der Waals surface area contributed by atoms with Crippen molar-refractivity contribution in [3.63, 3.8) is 0 Å². The average Bonchev–Trinajstić information content (AvgIpc) is 2.68. The molecule has 0 atom stereocenters. The first-order chi connectivity index (χ1) is 6.77. The van der Waals surface area contributed by atoms with Crippen LogP contribution in [0.5, 0.6) is 0 Å². The average molecular weight is 194 g/mol. The van der Waals surface area contributed by atoms with Crippen molar-refractivity contribution >= 4 is 0 Å². The molecule has 0 unspecified atom stereocenters. The maximum atomic E-state index is 4.25. The van der Waals surface area contributed by atoms with E-state index >= 15 is 0 Å². The fraction of sp³-hybridized carbons (Fsp3) is 0.800. The minimum atomic E-state index is 0.415. The van der Waals surface area contributed by atoms with Crippen molar-refractivity contribution in [1.82, 2.24) is 20.3 Å². The Hall–Kier alpha value is -0.900. The van der Waals surface area contributed by atoms with E-state index in [4.69, 9.17) is 0 Å². The van der Waals surface area contributed by atoms with Crippen LogP contribution in [0.2, 0.25) is 0 Å². The zero-order valence-corrected chi connectivity index (χ0v) is 8.90. The van der Waals surface area contributed by atoms with Crippen molar-refractivity contribution < 1.29 is 0 Å². The minimum Gasteiger partial charge on any atom is -0.317 e. The van der Waals surface area contributed by atoms with Gasteiger partial charge in [-0.3, -0.25) is 0 Å². The Morgan fingerprint density at radius 3 is 2.71 bits per heavy atom. The van der Waals surface area contributed by atoms with Gasteiger partial charge in [-0.15, -0.1) is 5.10 Å². The van der Waals surface area contributed by atoms with Gasteiger partial charge in [-0.1, -0.05) is 5.21 Å². The summed E-state index contributed by atoms with van der Waals surface area (Å²) in [5.41, 5.74) is 1.17. The van der Waals surface area contributed by atoms with Gasteiger partial charge in [-0.2, -0.15) is 0 Å². The highest BCUT2D eigenvalue weighted by Crippen LogP contribution is 2.23. The fourth-order valence-electron chi connectivity index (χ4n) is 1.85. The van der Waals surface area contributed by atoms with E-state index in [1.165, 1.54) is 18.5 Å². The van der Waals surface area contributed by atoms with E-state index in [-0.39, 0.29) is 0 Å². The summed E-state index contributed by atoms with van der Waals surface area (Å²) in [7, 11) is 0. The smallest absolute Gasteiger partial charge is 0.0859 e. The molecule has 0 amide bonds. The van der Waals surface area contributed by atoms with Crippen LogP contribution in [0.4, 0.5) is 0 Å². The molecule has 78 valence electrons. The van der Waals surface area contributed by atoms with Crippen LogP contribution < -0.4 is 5.32 Å². The molecule has 1 N–H and O–H groups in total. The number of hydrogen-bond acceptors (Lipinski definition) is 3. The largest absolute Gasteiger partial charge is 0.317 e. The van der Waals surface area contributed by atoms with Gasteiger partial charge >= 0.3 is 0 Å². The van der Waals surface area contributed by atoms with Crippen molar-refractivity contribution in [3.8, 4) is 0 Å². The summed E-state index contributed by atoms with van der Waals surface area (Å²) in [6.07, 6.45) is 4.48. The van der Waals surface area contributed by atoms with Crippen LogP contribution in [0, 0.1) is 0 Å². The highest BCUT2D eigenvalue weighted by molar-refractivity contribution is 5.03. The molecule has 1 aromatic heterocycles. The maximum Gasteiger partial charge on any atom is 0.0859 e. The molecular weight excluding hydrogens is 176 g/mol. The van der Waals surface area contributed by atoms with Crippen LogP contribution in [0.1, 0.15) is 44.3 Å². The predicted molar refractivity (Wildman–Crippen MR) is 55.3 cm³/mol. The molecule has 2 rings (SSSR count). The Morgan fingerprint density at radius 2 is 2.14 bits per heavy atom. The van der Waals surface area contributed by atoms with E-state index in [1.54, 1.807) is 0 Å². The van der Waals surface area contributed by atoms with E-state index in [0.717, 1.165) is 13.1 Å². The molecule has 0 saturated carbocycles. The van der Waals surface area contributed by atoms with Gasteiger partial charge in [-0.25, -0.2) is 4.68 Å². The van der Waals surface area contributed by atoms with Crippen molar-refractivity contribution in [1.29, 1.82) is 0 Å². The first-order valence-corrected chi connectivity index (χ1v) is 5.40. The van der Waals surface area contributed by atoms with Crippen LogP contribution in [-0.2, 0) is 0 Å². The van der Waals surface area contributed by atoms with Gasteiger partial charge in [0.2, 0.25) is 0 Å². The molecule has 0 radical (unpaired) electrons. The Labute approximate surface area is 84.7 Å². The van der Waals surface area contributed by atoms with Crippen molar-refractivity contribution in [2.24, 2.45) is 0 Å². The van der Waals surface area contributed by atoms with E-state index in [0.29, 0.717) is 12.0 Å². The summed E-state index contributed by atoms with van der Waals surface area (Å²) in [6.45, 7) is 6.47. The third-order valence-electron chi connectivity index (χ3n) is 2.81. The summed E-state index contributed by atoms with van der Waals surface area (Å²) >= 11 is 0. The number of aromatic nitrogens is 3. The molecule has 1 aliphatic rings. The summed E-state index contributed by atoms with van der Waals surface area (Å²) < 4.78 is 1.94. The summed E-state index contributed by atoms with van der Waals surface area (Å²) in [6, 6.07) is 0.415. The lowest BCUT2D eigenvalue weighted by molar-refractivity contribution is 0.453. The third kappa shape index (κ3) is 1.95. The summed E-state index contributed by atoms with van der Waals surface area (Å²) in [5, 5.41) is 11.7. The van der Waals surface area contributed by atoms with Crippen LogP contribution in [-0.4, -0.2) is 28.1 Å². The zero-order chi connectivity index (χ0) is 9.97. The normalized spacial score (nSPS) is 19.1. The lowest BCUT2D eigenvalue weighted by atomic mass is 9.95. The monoisotopic (exact) mass is 194 g/mol. The second-order valence-electron chi connectivity index (χ2n) is 4.24. The molecule has 0 spiro atoms. The predicted octanol–water partition coefficient (Wildman–Crippen LogP) is 1.33. The molecule has 14 heavy (non-hydrogen) atoms. The second kappa shape index (κ2) is 4.09. The van der Waals surface area contributed by atoms with Crippen LogP contribution in [0.3, 0.4) is 0 Å². The van der Waals surface area contributed by atoms with Gasteiger partial charge in [0.1, 0.15) is 0 Å². The second-order valence-corrected chi connectivity index (χ2v) is 4.24. The molecule has 1 aliphatic heterocycles. The minimum absolute atomic E-state index is 0.415. The highest BCUT2D eigenvalue weighted by Gasteiger charge is 2.18. The van der Waals surface area contributed by atoms with Crippen molar-refractivity contribution in [3.05, 3.63) is 11.9 Å². The molecule has 0 aliphatic carbocycles. The Kier molecular flexibility index (Phi) is 2.82. The van der Waals surface area contributed by atoms with Gasteiger partial charge < -0.3 is 5.32 Å². The number of hydrogen-bond donors (Lipinski definition) is 1. The van der Waals surface area contributed by atoms with E-state index in [1.807, 2.05) is 4.68 Å². The van der Waals surface area contributed by atoms with Gasteiger partial charge in [0, 0.05) is 18.2 Å². The SMILES string of the molecule is CC(C)n1cc(C2CCNCC2)nn1. The summed E-state index contributed by atoms with van der Waals surface area (Å²) in [4.78, 5) is 0. The highest BCUT2D eigenvalue weighted by atomic mass is 15.4. The molecule has 4 nitrogen and oxygen atoms in total. The number of piperidine rings is 1. The molecule has 4 heteroatoms. The molecular formula is C10H18N4. The van der Waals surface area contributed by atoms with Crippen LogP contribution >= 0.6 is 0 Å². The van der Waals surface area contributed by atoms with Gasteiger partial charge in [-0.05, 0) is 39.8 Å². The number of nitrogens with one attached hydrogen (secondary N) is 1. The molecule has 1 saturated heterocycles. The fourth-order valence-corrected chi connectivity index (χ4v) is 1.85. The quantitative estimate of drug-likeness (QED) is 0.772.